The highest BCUT2D eigenvalue weighted by atomic mass is 19.4. The standard InChI is InChI=1S/C61H34F8N2/c62-56-55(57(63)59(65)60(66)58(56)64)47-33-54(71-51-31-41(37-17-9-3-10-18-37)23-27-45(51)46-28-24-42(32-52(46)71)38-19-11-4-12-20-38)48(61(67,68)69)34-53(47)70-49-29-39(35-13-5-1-6-14-35)21-25-43(49)44-26-22-40(30-50(44)70)36-15-7-2-8-16-36/h1-34H. The van der Waals surface area contributed by atoms with E-state index in [4.69, 9.17) is 0 Å². The summed E-state index contributed by atoms with van der Waals surface area (Å²) in [6.07, 6.45) is -5.17. The molecule has 0 unspecified atom stereocenters. The van der Waals surface area contributed by atoms with E-state index in [1.807, 2.05) is 158 Å². The van der Waals surface area contributed by atoms with Crippen molar-refractivity contribution in [3.63, 3.8) is 0 Å². The number of halogens is 8. The topological polar surface area (TPSA) is 9.86 Å². The minimum atomic E-state index is -5.17. The molecule has 2 nitrogen and oxygen atoms in total. The molecule has 71 heavy (non-hydrogen) atoms. The Hall–Kier alpha value is -8.76. The molecule has 0 aliphatic rings. The first-order chi connectivity index (χ1) is 34.4. The second-order valence-electron chi connectivity index (χ2n) is 17.4. The van der Waals surface area contributed by atoms with Gasteiger partial charge in [-0.1, -0.05) is 170 Å². The lowest BCUT2D eigenvalue weighted by Gasteiger charge is -2.23. The van der Waals surface area contributed by atoms with Gasteiger partial charge >= 0.3 is 6.18 Å². The number of fused-ring (bicyclic) bond motifs is 6. The molecule has 0 fully saturated rings. The zero-order valence-corrected chi connectivity index (χ0v) is 37.0. The molecule has 0 N–H and O–H groups in total. The van der Waals surface area contributed by atoms with Crippen LogP contribution in [0, 0.1) is 29.1 Å². The Morgan fingerprint density at radius 3 is 0.887 bits per heavy atom. The largest absolute Gasteiger partial charge is 0.418 e. The number of aromatic nitrogens is 2. The van der Waals surface area contributed by atoms with Crippen molar-refractivity contribution in [3.8, 4) is 67.0 Å². The van der Waals surface area contributed by atoms with Crippen molar-refractivity contribution in [2.24, 2.45) is 0 Å². The summed E-state index contributed by atoms with van der Waals surface area (Å²) in [6, 6.07) is 60.2. The Morgan fingerprint density at radius 2 is 0.577 bits per heavy atom. The van der Waals surface area contributed by atoms with E-state index in [0.717, 1.165) is 34.4 Å². The summed E-state index contributed by atoms with van der Waals surface area (Å²) >= 11 is 0. The second-order valence-corrected chi connectivity index (χ2v) is 17.4. The lowest BCUT2D eigenvalue weighted by molar-refractivity contribution is -0.137. The van der Waals surface area contributed by atoms with Crippen LogP contribution in [0.5, 0.6) is 0 Å². The summed E-state index contributed by atoms with van der Waals surface area (Å²) in [7, 11) is 0. The molecule has 2 heterocycles. The predicted molar refractivity (Wildman–Crippen MR) is 267 cm³/mol. The van der Waals surface area contributed by atoms with E-state index in [-0.39, 0.29) is 0 Å². The van der Waals surface area contributed by atoms with Crippen molar-refractivity contribution in [1.29, 1.82) is 0 Å². The Labute approximate surface area is 400 Å². The molecular weight excluding hydrogens is 913 g/mol. The van der Waals surface area contributed by atoms with Crippen molar-refractivity contribution >= 4 is 43.6 Å². The van der Waals surface area contributed by atoms with Crippen LogP contribution < -0.4 is 0 Å². The van der Waals surface area contributed by atoms with Crippen LogP contribution in [0.1, 0.15) is 5.56 Å². The highest BCUT2D eigenvalue weighted by Gasteiger charge is 2.38. The lowest BCUT2D eigenvalue weighted by Crippen LogP contribution is -2.14. The van der Waals surface area contributed by atoms with Crippen molar-refractivity contribution in [3.05, 3.63) is 241 Å². The van der Waals surface area contributed by atoms with Gasteiger partial charge in [-0.05, 0) is 80.9 Å². The monoisotopic (exact) mass is 946 g/mol. The van der Waals surface area contributed by atoms with E-state index in [1.165, 1.54) is 9.13 Å². The Kier molecular flexibility index (Phi) is 10.3. The van der Waals surface area contributed by atoms with Gasteiger partial charge in [0.05, 0.1) is 44.6 Å². The molecule has 0 aliphatic heterocycles. The summed E-state index contributed by atoms with van der Waals surface area (Å²) in [5, 5.41) is 2.23. The van der Waals surface area contributed by atoms with Crippen LogP contribution in [0.2, 0.25) is 0 Å². The highest BCUT2D eigenvalue weighted by Crippen LogP contribution is 2.48. The molecule has 0 spiro atoms. The average molecular weight is 947 g/mol. The summed E-state index contributed by atoms with van der Waals surface area (Å²) in [6.45, 7) is 0. The average Bonchev–Trinajstić information content (AvgIpc) is 3.91. The number of nitrogens with zero attached hydrogens (tertiary/aromatic N) is 2. The van der Waals surface area contributed by atoms with Crippen LogP contribution in [-0.4, -0.2) is 9.13 Å². The fourth-order valence-corrected chi connectivity index (χ4v) is 10.0. The zero-order valence-electron chi connectivity index (χ0n) is 37.0. The van der Waals surface area contributed by atoms with Gasteiger partial charge in [0.2, 0.25) is 5.82 Å². The molecule has 0 saturated heterocycles. The van der Waals surface area contributed by atoms with Crippen LogP contribution >= 0.6 is 0 Å². The molecule has 12 rings (SSSR count). The first-order valence-corrected chi connectivity index (χ1v) is 22.6. The molecule has 0 amide bonds. The minimum Gasteiger partial charge on any atom is -0.309 e. The lowest BCUT2D eigenvalue weighted by atomic mass is 9.96. The van der Waals surface area contributed by atoms with Gasteiger partial charge in [0.25, 0.3) is 0 Å². The highest BCUT2D eigenvalue weighted by molar-refractivity contribution is 6.13. The summed E-state index contributed by atoms with van der Waals surface area (Å²) in [4.78, 5) is 0. The third-order valence-corrected chi connectivity index (χ3v) is 13.3. The van der Waals surface area contributed by atoms with Crippen LogP contribution in [0.4, 0.5) is 35.1 Å². The molecule has 0 bridgehead atoms. The molecular formula is C61H34F8N2. The normalized spacial score (nSPS) is 11.9. The molecule has 0 aliphatic carbocycles. The molecule has 10 aromatic carbocycles. The second kappa shape index (κ2) is 16.7. The first kappa shape index (κ1) is 43.5. The van der Waals surface area contributed by atoms with Crippen LogP contribution in [0.25, 0.3) is 111 Å². The van der Waals surface area contributed by atoms with E-state index >= 15 is 30.7 Å². The van der Waals surface area contributed by atoms with E-state index in [0.29, 0.717) is 65.9 Å². The van der Waals surface area contributed by atoms with Crippen LogP contribution in [0.3, 0.4) is 0 Å². The minimum absolute atomic E-state index is 0.296. The van der Waals surface area contributed by atoms with E-state index < -0.39 is 63.3 Å². The third kappa shape index (κ3) is 7.16. The number of hydrogen-bond donors (Lipinski definition) is 0. The SMILES string of the molecule is Fc1c(F)c(F)c(-c2cc(-n3c4cc(-c5ccccc5)ccc4c4ccc(-c5ccccc5)cc43)c(C(F)(F)F)cc2-n2c3cc(-c4ccccc4)ccc3c3ccc(-c4ccccc4)cc32)c(F)c1F. The van der Waals surface area contributed by atoms with E-state index in [2.05, 4.69) is 0 Å². The smallest absolute Gasteiger partial charge is 0.309 e. The molecule has 0 atom stereocenters. The predicted octanol–water partition coefficient (Wildman–Crippen LogP) is 17.9. The maximum absolute atomic E-state index is 16.7. The molecule has 12 aromatic rings. The number of rotatable bonds is 7. The molecule has 0 saturated carbocycles. The number of benzene rings is 10. The number of alkyl halides is 3. The Bertz CT molecular complexity index is 3840. The fraction of sp³-hybridized carbons (Fsp3) is 0.0164. The molecule has 344 valence electrons. The van der Waals surface area contributed by atoms with Gasteiger partial charge in [-0.2, -0.15) is 13.2 Å². The Balaban J connectivity index is 1.27. The molecule has 2 aromatic heterocycles. The maximum Gasteiger partial charge on any atom is 0.418 e. The first-order valence-electron chi connectivity index (χ1n) is 22.6. The van der Waals surface area contributed by atoms with Crippen molar-refractivity contribution in [2.75, 3.05) is 0 Å². The Morgan fingerprint density at radius 1 is 0.282 bits per heavy atom. The fourth-order valence-electron chi connectivity index (χ4n) is 10.0. The summed E-state index contributed by atoms with van der Waals surface area (Å²) in [5.74, 6) is -11.3. The zero-order chi connectivity index (χ0) is 48.7. The van der Waals surface area contributed by atoms with Gasteiger partial charge in [0.1, 0.15) is 0 Å². The third-order valence-electron chi connectivity index (χ3n) is 13.3. The van der Waals surface area contributed by atoms with E-state index in [9.17, 15) is 4.39 Å². The van der Waals surface area contributed by atoms with Gasteiger partial charge in [-0.25, -0.2) is 22.0 Å². The number of hydrogen-bond acceptors (Lipinski definition) is 0. The van der Waals surface area contributed by atoms with Gasteiger partial charge < -0.3 is 9.13 Å². The van der Waals surface area contributed by atoms with Gasteiger partial charge in [0, 0.05) is 27.1 Å². The maximum atomic E-state index is 16.7. The molecule has 10 heteroatoms. The molecule has 0 radical (unpaired) electrons. The van der Waals surface area contributed by atoms with Gasteiger partial charge in [0.15, 0.2) is 23.3 Å². The quantitative estimate of drug-likeness (QED) is 0.0856. The van der Waals surface area contributed by atoms with E-state index in [1.54, 1.807) is 36.4 Å². The van der Waals surface area contributed by atoms with Crippen molar-refractivity contribution in [1.82, 2.24) is 9.13 Å². The van der Waals surface area contributed by atoms with Crippen molar-refractivity contribution in [2.45, 2.75) is 6.18 Å². The van der Waals surface area contributed by atoms with Gasteiger partial charge in [-0.15, -0.1) is 0 Å². The van der Waals surface area contributed by atoms with Crippen LogP contribution in [0.15, 0.2) is 206 Å². The van der Waals surface area contributed by atoms with Crippen molar-refractivity contribution < 1.29 is 35.1 Å². The summed E-state index contributed by atoms with van der Waals surface area (Å²) < 4.78 is 132. The van der Waals surface area contributed by atoms with Gasteiger partial charge in [-0.3, -0.25) is 0 Å². The van der Waals surface area contributed by atoms with Crippen LogP contribution in [-0.2, 0) is 6.18 Å². The summed E-state index contributed by atoms with van der Waals surface area (Å²) in [5.41, 5.74) is 2.52.